The first-order valence-electron chi connectivity index (χ1n) is 11.2. The van der Waals surface area contributed by atoms with Crippen LogP contribution in [0.1, 0.15) is 68.6 Å². The van der Waals surface area contributed by atoms with Gasteiger partial charge in [0, 0.05) is 43.0 Å². The average Bonchev–Trinajstić information content (AvgIpc) is 2.66. The Morgan fingerprint density at radius 1 is 1.21 bits per heavy atom. The highest BCUT2D eigenvalue weighted by Crippen LogP contribution is 2.42. The predicted octanol–water partition coefficient (Wildman–Crippen LogP) is 3.43. The van der Waals surface area contributed by atoms with Gasteiger partial charge in [-0.15, -0.1) is 0 Å². The molecule has 0 aliphatic carbocycles. The minimum absolute atomic E-state index is 0.00219. The molecule has 0 saturated carbocycles. The lowest BCUT2D eigenvalue weighted by Crippen LogP contribution is -2.64. The summed E-state index contributed by atoms with van der Waals surface area (Å²) in [5.74, 6) is 1.86. The van der Waals surface area contributed by atoms with Crippen LogP contribution in [-0.4, -0.2) is 52.4 Å². The molecule has 4 heterocycles. The van der Waals surface area contributed by atoms with Crippen LogP contribution in [0.25, 0.3) is 0 Å². The number of rotatable bonds is 4. The SMILES string of the molecule is Cc1cc(=O)cc(C(=O)N2C[C@H]3C[C@@H](C2)[C@H](CCC(C)C)N2CCCC[C@@H]32)[nH]1. The van der Waals surface area contributed by atoms with Crippen LogP contribution in [0.15, 0.2) is 16.9 Å². The summed E-state index contributed by atoms with van der Waals surface area (Å²) in [4.78, 5) is 33.1. The number of aryl methyl sites for hydroxylation is 1. The van der Waals surface area contributed by atoms with E-state index in [9.17, 15) is 9.59 Å². The van der Waals surface area contributed by atoms with Crippen molar-refractivity contribution in [1.82, 2.24) is 14.8 Å². The van der Waals surface area contributed by atoms with E-state index < -0.39 is 0 Å². The van der Waals surface area contributed by atoms with Gasteiger partial charge >= 0.3 is 0 Å². The molecule has 2 bridgehead atoms. The molecule has 0 spiro atoms. The van der Waals surface area contributed by atoms with Gasteiger partial charge in [-0.1, -0.05) is 20.3 Å². The summed E-state index contributed by atoms with van der Waals surface area (Å²) in [5.41, 5.74) is 1.11. The number of likely N-dealkylation sites (tertiary alicyclic amines) is 1. The molecule has 154 valence electrons. The normalized spacial score (nSPS) is 30.4. The second kappa shape index (κ2) is 8.02. The third-order valence-electron chi connectivity index (χ3n) is 7.16. The molecule has 0 unspecified atom stereocenters. The molecule has 28 heavy (non-hydrogen) atoms. The Morgan fingerprint density at radius 2 is 2.00 bits per heavy atom. The minimum Gasteiger partial charge on any atom is -0.354 e. The number of hydrogen-bond acceptors (Lipinski definition) is 3. The third-order valence-corrected chi connectivity index (χ3v) is 7.16. The molecule has 3 saturated heterocycles. The van der Waals surface area contributed by atoms with Crippen molar-refractivity contribution in [1.29, 1.82) is 0 Å². The zero-order valence-electron chi connectivity index (χ0n) is 17.6. The molecule has 0 radical (unpaired) electrons. The van der Waals surface area contributed by atoms with Gasteiger partial charge in [0.05, 0.1) is 0 Å². The molecular weight excluding hydrogens is 350 g/mol. The van der Waals surface area contributed by atoms with E-state index in [2.05, 4.69) is 23.7 Å². The van der Waals surface area contributed by atoms with E-state index in [1.807, 2.05) is 11.8 Å². The lowest BCUT2D eigenvalue weighted by Gasteiger charge is -2.57. The van der Waals surface area contributed by atoms with Crippen molar-refractivity contribution in [3.8, 4) is 0 Å². The molecule has 4 rings (SSSR count). The van der Waals surface area contributed by atoms with Crippen molar-refractivity contribution < 1.29 is 4.79 Å². The summed E-state index contributed by atoms with van der Waals surface area (Å²) in [7, 11) is 0. The van der Waals surface area contributed by atoms with E-state index in [0.29, 0.717) is 29.6 Å². The highest BCUT2D eigenvalue weighted by atomic mass is 16.2. The fraction of sp³-hybridized carbons (Fsp3) is 0.739. The molecule has 3 fully saturated rings. The number of aromatic nitrogens is 1. The van der Waals surface area contributed by atoms with Crippen molar-refractivity contribution in [2.24, 2.45) is 17.8 Å². The van der Waals surface area contributed by atoms with Crippen molar-refractivity contribution in [2.75, 3.05) is 19.6 Å². The van der Waals surface area contributed by atoms with E-state index in [4.69, 9.17) is 0 Å². The number of H-pyrrole nitrogens is 1. The maximum atomic E-state index is 13.2. The Morgan fingerprint density at radius 3 is 2.75 bits per heavy atom. The number of fused-ring (bicyclic) bond motifs is 4. The van der Waals surface area contributed by atoms with E-state index in [1.54, 1.807) is 6.07 Å². The number of carbonyl (C=O) groups excluding carboxylic acids is 1. The van der Waals surface area contributed by atoms with Gasteiger partial charge in [-0.3, -0.25) is 14.5 Å². The number of carbonyl (C=O) groups is 1. The summed E-state index contributed by atoms with van der Waals surface area (Å²) in [6, 6.07) is 4.25. The quantitative estimate of drug-likeness (QED) is 0.864. The Hall–Kier alpha value is -1.62. The first kappa shape index (κ1) is 19.7. The maximum absolute atomic E-state index is 13.2. The number of aromatic amines is 1. The Labute approximate surface area is 168 Å². The summed E-state index contributed by atoms with van der Waals surface area (Å²) < 4.78 is 0. The lowest BCUT2D eigenvalue weighted by atomic mass is 9.71. The van der Waals surface area contributed by atoms with Gasteiger partial charge in [-0.2, -0.15) is 0 Å². The predicted molar refractivity (Wildman–Crippen MR) is 112 cm³/mol. The van der Waals surface area contributed by atoms with Gasteiger partial charge in [0.1, 0.15) is 5.69 Å². The topological polar surface area (TPSA) is 56.4 Å². The Bertz CT molecular complexity index is 771. The molecule has 1 aromatic rings. The highest BCUT2D eigenvalue weighted by Gasteiger charge is 2.47. The molecule has 5 heteroatoms. The van der Waals surface area contributed by atoms with Gasteiger partial charge in [0.25, 0.3) is 5.91 Å². The fourth-order valence-electron chi connectivity index (χ4n) is 5.94. The monoisotopic (exact) mass is 385 g/mol. The van der Waals surface area contributed by atoms with Crippen LogP contribution >= 0.6 is 0 Å². The average molecular weight is 386 g/mol. The van der Waals surface area contributed by atoms with Crippen LogP contribution < -0.4 is 5.43 Å². The number of nitrogens with one attached hydrogen (secondary N) is 1. The number of piperidine rings is 3. The second-order valence-electron chi connectivity index (χ2n) is 9.72. The molecule has 1 aromatic heterocycles. The van der Waals surface area contributed by atoms with Crippen LogP contribution in [0.5, 0.6) is 0 Å². The molecule has 3 aliphatic heterocycles. The Balaban J connectivity index is 1.57. The van der Waals surface area contributed by atoms with Gasteiger partial charge in [0.15, 0.2) is 5.43 Å². The van der Waals surface area contributed by atoms with Gasteiger partial charge < -0.3 is 9.88 Å². The van der Waals surface area contributed by atoms with E-state index in [0.717, 1.165) is 24.7 Å². The minimum atomic E-state index is -0.0925. The van der Waals surface area contributed by atoms with Crippen molar-refractivity contribution in [3.05, 3.63) is 33.7 Å². The molecule has 3 aliphatic rings. The second-order valence-corrected chi connectivity index (χ2v) is 9.72. The number of pyridine rings is 1. The molecular formula is C23H35N3O2. The van der Waals surface area contributed by atoms with E-state index in [-0.39, 0.29) is 11.3 Å². The van der Waals surface area contributed by atoms with Crippen LogP contribution in [0.4, 0.5) is 0 Å². The van der Waals surface area contributed by atoms with Crippen molar-refractivity contribution in [2.45, 2.75) is 71.4 Å². The van der Waals surface area contributed by atoms with Gasteiger partial charge in [-0.05, 0) is 63.3 Å². The van der Waals surface area contributed by atoms with Crippen LogP contribution in [0.3, 0.4) is 0 Å². The van der Waals surface area contributed by atoms with E-state index in [1.165, 1.54) is 51.1 Å². The maximum Gasteiger partial charge on any atom is 0.270 e. The van der Waals surface area contributed by atoms with Crippen LogP contribution in [-0.2, 0) is 0 Å². The highest BCUT2D eigenvalue weighted by molar-refractivity contribution is 5.92. The molecule has 1 N–H and O–H groups in total. The van der Waals surface area contributed by atoms with Gasteiger partial charge in [-0.25, -0.2) is 0 Å². The number of amides is 1. The smallest absolute Gasteiger partial charge is 0.270 e. The molecule has 1 amide bonds. The van der Waals surface area contributed by atoms with Crippen molar-refractivity contribution in [3.63, 3.8) is 0 Å². The first-order valence-corrected chi connectivity index (χ1v) is 11.2. The molecule has 4 atom stereocenters. The number of nitrogens with zero attached hydrogens (tertiary/aromatic N) is 2. The van der Waals surface area contributed by atoms with Crippen LogP contribution in [0.2, 0.25) is 0 Å². The largest absolute Gasteiger partial charge is 0.354 e. The van der Waals surface area contributed by atoms with E-state index >= 15 is 0 Å². The fourth-order valence-corrected chi connectivity index (χ4v) is 5.94. The molecule has 5 nitrogen and oxygen atoms in total. The summed E-state index contributed by atoms with van der Waals surface area (Å²) in [6.07, 6.45) is 7.68. The zero-order valence-corrected chi connectivity index (χ0v) is 17.6. The van der Waals surface area contributed by atoms with Crippen molar-refractivity contribution >= 4 is 5.91 Å². The number of hydrogen-bond donors (Lipinski definition) is 1. The van der Waals surface area contributed by atoms with Gasteiger partial charge in [0.2, 0.25) is 0 Å². The third kappa shape index (κ3) is 3.91. The standard InChI is InChI=1S/C23H35N3O2/c1-15(2)7-8-22-18-11-17(21-6-4-5-9-26(21)22)13-25(14-18)23(28)20-12-19(27)10-16(3)24-20/h10,12,15,17-18,21-22H,4-9,11,13-14H2,1-3H3,(H,24,27)/t17-,18+,21+,22+/m1/s1. The Kier molecular flexibility index (Phi) is 5.64. The summed E-state index contributed by atoms with van der Waals surface area (Å²) in [5, 5.41) is 0. The molecule has 0 aromatic carbocycles. The lowest BCUT2D eigenvalue weighted by molar-refractivity contribution is -0.0682. The zero-order chi connectivity index (χ0) is 19.8. The van der Waals surface area contributed by atoms with Crippen LogP contribution in [0, 0.1) is 24.7 Å². The summed E-state index contributed by atoms with van der Waals surface area (Å²) in [6.45, 7) is 9.36. The summed E-state index contributed by atoms with van der Waals surface area (Å²) >= 11 is 0. The first-order chi connectivity index (χ1) is 13.4.